The number of rotatable bonds is 6. The van der Waals surface area contributed by atoms with Gasteiger partial charge in [0.05, 0.1) is 12.4 Å². The van der Waals surface area contributed by atoms with Crippen LogP contribution in [0.1, 0.15) is 50.8 Å². The van der Waals surface area contributed by atoms with Crippen molar-refractivity contribution in [1.29, 1.82) is 0 Å². The van der Waals surface area contributed by atoms with Crippen LogP contribution in [0, 0.1) is 0 Å². The van der Waals surface area contributed by atoms with Crippen LogP contribution in [0.4, 0.5) is 0 Å². The highest BCUT2D eigenvalue weighted by molar-refractivity contribution is 7.86. The van der Waals surface area contributed by atoms with Crippen LogP contribution in [0.25, 0.3) is 0 Å². The van der Waals surface area contributed by atoms with E-state index >= 15 is 0 Å². The Morgan fingerprint density at radius 2 is 2.19 bits per heavy atom. The maximum Gasteiger partial charge on any atom is 0.119 e. The number of methoxy groups -OCH3 is 1. The van der Waals surface area contributed by atoms with Crippen LogP contribution in [0.15, 0.2) is 18.2 Å². The van der Waals surface area contributed by atoms with E-state index in [0.29, 0.717) is 0 Å². The molecule has 4 unspecified atom stereocenters. The molecule has 1 aromatic carbocycles. The molecular weight excluding hydrogens is 282 g/mol. The van der Waals surface area contributed by atoms with Crippen LogP contribution < -0.4 is 10.1 Å². The molecule has 0 saturated carbocycles. The van der Waals surface area contributed by atoms with Crippen LogP contribution >= 0.6 is 0 Å². The minimum atomic E-state index is -0.802. The smallest absolute Gasteiger partial charge is 0.119 e. The number of benzene rings is 1. The molecule has 1 aliphatic rings. The van der Waals surface area contributed by atoms with Crippen molar-refractivity contribution in [1.82, 2.24) is 5.32 Å². The molecule has 1 aliphatic carbocycles. The molecule has 0 saturated heterocycles. The predicted molar refractivity (Wildman–Crippen MR) is 89.4 cm³/mol. The second kappa shape index (κ2) is 7.41. The summed E-state index contributed by atoms with van der Waals surface area (Å²) in [6, 6.07) is 6.46. The van der Waals surface area contributed by atoms with Crippen molar-refractivity contribution in [3.63, 3.8) is 0 Å². The first kappa shape index (κ1) is 16.5. The highest BCUT2D eigenvalue weighted by atomic mass is 32.2. The predicted octanol–water partition coefficient (Wildman–Crippen LogP) is 3.21. The third-order valence-electron chi connectivity index (χ3n) is 4.45. The number of aryl methyl sites for hydroxylation is 1. The standard InChI is InChI=1S/C17H27NO2S/c1-5-12(3)21(19)16-10-8-13-7-9-14(20-4)11-15(13)17(16)18-6-2/h7,9,11-12,16-18H,5-6,8,10H2,1-4H3. The van der Waals surface area contributed by atoms with Crippen LogP contribution in [-0.4, -0.2) is 28.4 Å². The molecule has 0 heterocycles. The lowest BCUT2D eigenvalue weighted by atomic mass is 9.87. The minimum Gasteiger partial charge on any atom is -0.497 e. The van der Waals surface area contributed by atoms with Crippen molar-refractivity contribution in [3.05, 3.63) is 29.3 Å². The Bertz CT molecular complexity index is 504. The quantitative estimate of drug-likeness (QED) is 0.877. The van der Waals surface area contributed by atoms with Gasteiger partial charge in [0.1, 0.15) is 5.75 Å². The second-order valence-electron chi connectivity index (χ2n) is 5.72. The summed E-state index contributed by atoms with van der Waals surface area (Å²) in [5.74, 6) is 0.881. The fraction of sp³-hybridized carbons (Fsp3) is 0.647. The molecule has 0 bridgehead atoms. The second-order valence-corrected chi connectivity index (χ2v) is 7.79. The van der Waals surface area contributed by atoms with Gasteiger partial charge in [0.15, 0.2) is 0 Å². The van der Waals surface area contributed by atoms with Gasteiger partial charge in [-0.1, -0.05) is 26.8 Å². The molecule has 118 valence electrons. The van der Waals surface area contributed by atoms with Gasteiger partial charge in [-0.3, -0.25) is 4.21 Å². The minimum absolute atomic E-state index is 0.170. The van der Waals surface area contributed by atoms with E-state index in [2.05, 4.69) is 38.2 Å². The highest BCUT2D eigenvalue weighted by Gasteiger charge is 2.34. The first-order valence-corrected chi connectivity index (χ1v) is 9.19. The third-order valence-corrected chi connectivity index (χ3v) is 6.68. The molecule has 0 amide bonds. The molecule has 0 spiro atoms. The van der Waals surface area contributed by atoms with E-state index in [1.54, 1.807) is 7.11 Å². The van der Waals surface area contributed by atoms with E-state index in [4.69, 9.17) is 4.74 Å². The average molecular weight is 309 g/mol. The van der Waals surface area contributed by atoms with Gasteiger partial charge in [-0.15, -0.1) is 0 Å². The summed E-state index contributed by atoms with van der Waals surface area (Å²) in [7, 11) is 0.894. The Morgan fingerprint density at radius 3 is 2.81 bits per heavy atom. The van der Waals surface area contributed by atoms with E-state index in [1.165, 1.54) is 11.1 Å². The highest BCUT2D eigenvalue weighted by Crippen LogP contribution is 2.36. The number of nitrogens with one attached hydrogen (secondary N) is 1. The zero-order chi connectivity index (χ0) is 15.4. The maximum atomic E-state index is 12.8. The molecule has 0 aromatic heterocycles. The zero-order valence-electron chi connectivity index (χ0n) is 13.5. The van der Waals surface area contributed by atoms with Crippen molar-refractivity contribution >= 4 is 10.8 Å². The summed E-state index contributed by atoms with van der Waals surface area (Å²) >= 11 is 0. The number of ether oxygens (including phenoxy) is 1. The van der Waals surface area contributed by atoms with Crippen LogP contribution in [-0.2, 0) is 17.2 Å². The fourth-order valence-electron chi connectivity index (χ4n) is 3.06. The van der Waals surface area contributed by atoms with E-state index < -0.39 is 10.8 Å². The Kier molecular flexibility index (Phi) is 5.82. The summed E-state index contributed by atoms with van der Waals surface area (Å²) < 4.78 is 18.2. The largest absolute Gasteiger partial charge is 0.497 e. The molecule has 3 nitrogen and oxygen atoms in total. The molecule has 2 rings (SSSR count). The van der Waals surface area contributed by atoms with Crippen molar-refractivity contribution < 1.29 is 8.95 Å². The van der Waals surface area contributed by atoms with E-state index in [9.17, 15) is 4.21 Å². The van der Waals surface area contributed by atoms with Gasteiger partial charge < -0.3 is 10.1 Å². The zero-order valence-corrected chi connectivity index (χ0v) is 14.3. The van der Waals surface area contributed by atoms with Crippen molar-refractivity contribution in [2.24, 2.45) is 0 Å². The topological polar surface area (TPSA) is 38.3 Å². The van der Waals surface area contributed by atoms with Crippen LogP contribution in [0.5, 0.6) is 5.75 Å². The fourth-order valence-corrected chi connectivity index (χ4v) is 4.84. The Morgan fingerprint density at radius 1 is 1.43 bits per heavy atom. The van der Waals surface area contributed by atoms with Gasteiger partial charge in [0, 0.05) is 22.1 Å². The Hall–Kier alpha value is -0.870. The molecule has 4 heteroatoms. The van der Waals surface area contributed by atoms with Gasteiger partial charge >= 0.3 is 0 Å². The third kappa shape index (κ3) is 3.49. The molecule has 0 aliphatic heterocycles. The van der Waals surface area contributed by atoms with Gasteiger partial charge in [-0.25, -0.2) is 0 Å². The summed E-state index contributed by atoms with van der Waals surface area (Å²) in [5, 5.41) is 4.00. The van der Waals surface area contributed by atoms with Gasteiger partial charge in [-0.2, -0.15) is 0 Å². The summed E-state index contributed by atoms with van der Waals surface area (Å²) in [6.07, 6.45) is 2.97. The lowest BCUT2D eigenvalue weighted by molar-refractivity contribution is 0.410. The molecule has 21 heavy (non-hydrogen) atoms. The monoisotopic (exact) mass is 309 g/mol. The van der Waals surface area contributed by atoms with E-state index in [0.717, 1.165) is 31.6 Å². The van der Waals surface area contributed by atoms with Crippen molar-refractivity contribution in [2.45, 2.75) is 56.6 Å². The molecule has 0 radical (unpaired) electrons. The van der Waals surface area contributed by atoms with Crippen LogP contribution in [0.2, 0.25) is 0 Å². The summed E-state index contributed by atoms with van der Waals surface area (Å²) in [5.41, 5.74) is 2.63. The first-order chi connectivity index (χ1) is 10.1. The van der Waals surface area contributed by atoms with Crippen LogP contribution in [0.3, 0.4) is 0 Å². The summed E-state index contributed by atoms with van der Waals surface area (Å²) in [6.45, 7) is 7.21. The SMILES string of the molecule is CCNC1c2cc(OC)ccc2CCC1S(=O)C(C)CC. The summed E-state index contributed by atoms with van der Waals surface area (Å²) in [4.78, 5) is 0. The lowest BCUT2D eigenvalue weighted by Crippen LogP contribution is -2.40. The number of hydrogen-bond acceptors (Lipinski definition) is 3. The van der Waals surface area contributed by atoms with E-state index in [1.807, 2.05) is 6.07 Å². The molecule has 4 atom stereocenters. The Balaban J connectivity index is 2.35. The van der Waals surface area contributed by atoms with Gasteiger partial charge in [0.25, 0.3) is 0 Å². The van der Waals surface area contributed by atoms with Crippen molar-refractivity contribution in [3.8, 4) is 5.75 Å². The van der Waals surface area contributed by atoms with Gasteiger partial charge in [0.2, 0.25) is 0 Å². The maximum absolute atomic E-state index is 12.8. The molecule has 0 fully saturated rings. The lowest BCUT2D eigenvalue weighted by Gasteiger charge is -2.35. The molecule has 1 aromatic rings. The van der Waals surface area contributed by atoms with Crippen molar-refractivity contribution in [2.75, 3.05) is 13.7 Å². The normalized spacial score (nSPS) is 24.2. The number of hydrogen-bond donors (Lipinski definition) is 1. The first-order valence-electron chi connectivity index (χ1n) is 7.91. The average Bonchev–Trinajstić information content (AvgIpc) is 2.53. The Labute approximate surface area is 130 Å². The van der Waals surface area contributed by atoms with Gasteiger partial charge in [-0.05, 0) is 49.1 Å². The number of fused-ring (bicyclic) bond motifs is 1. The molecular formula is C17H27NO2S. The van der Waals surface area contributed by atoms with E-state index in [-0.39, 0.29) is 16.5 Å². The molecule has 1 N–H and O–H groups in total.